The molecule has 0 aromatic heterocycles. The smallest absolute Gasteiger partial charge is 0.337 e. The van der Waals surface area contributed by atoms with E-state index in [1.807, 2.05) is 0 Å². The van der Waals surface area contributed by atoms with Gasteiger partial charge in [0.05, 0.1) is 17.0 Å². The van der Waals surface area contributed by atoms with Gasteiger partial charge in [0.25, 0.3) is 0 Å². The van der Waals surface area contributed by atoms with Crippen molar-refractivity contribution in [3.8, 4) is 0 Å². The zero-order chi connectivity index (χ0) is 14.3. The number of nitrogens with one attached hydrogen (secondary N) is 1. The summed E-state index contributed by atoms with van der Waals surface area (Å²) in [5.41, 5.74) is 0.275. The Morgan fingerprint density at radius 1 is 1.42 bits per heavy atom. The second-order valence-electron chi connectivity index (χ2n) is 3.95. The summed E-state index contributed by atoms with van der Waals surface area (Å²) in [6.07, 6.45) is 2.15. The third kappa shape index (κ3) is 5.53. The molecule has 0 aliphatic carbocycles. The molecule has 2 N–H and O–H groups in total. The second kappa shape index (κ2) is 8.07. The quantitative estimate of drug-likeness (QED) is 0.756. The largest absolute Gasteiger partial charge is 0.478 e. The van der Waals surface area contributed by atoms with Crippen LogP contribution in [0.15, 0.2) is 18.2 Å². The van der Waals surface area contributed by atoms with Gasteiger partial charge in [-0.25, -0.2) is 4.79 Å². The minimum Gasteiger partial charge on any atom is -0.478 e. The van der Waals surface area contributed by atoms with E-state index in [-0.39, 0.29) is 17.2 Å². The van der Waals surface area contributed by atoms with Gasteiger partial charge in [0.1, 0.15) is 0 Å². The van der Waals surface area contributed by atoms with Crippen LogP contribution in [0.3, 0.4) is 0 Å². The van der Waals surface area contributed by atoms with Gasteiger partial charge in [-0.15, -0.1) is 0 Å². The Bertz CT molecular complexity index is 465. The summed E-state index contributed by atoms with van der Waals surface area (Å²) in [4.78, 5) is 22.7. The van der Waals surface area contributed by atoms with E-state index in [1.54, 1.807) is 0 Å². The number of anilines is 1. The fourth-order valence-electron chi connectivity index (χ4n) is 1.40. The van der Waals surface area contributed by atoms with E-state index in [4.69, 9.17) is 16.7 Å². The van der Waals surface area contributed by atoms with Crippen LogP contribution in [0.4, 0.5) is 5.69 Å². The van der Waals surface area contributed by atoms with Gasteiger partial charge >= 0.3 is 5.97 Å². The van der Waals surface area contributed by atoms with Crippen molar-refractivity contribution in [2.24, 2.45) is 0 Å². The van der Waals surface area contributed by atoms with Gasteiger partial charge in [-0.2, -0.15) is 11.8 Å². The van der Waals surface area contributed by atoms with Gasteiger partial charge in [0.2, 0.25) is 5.91 Å². The highest BCUT2D eigenvalue weighted by Crippen LogP contribution is 2.21. The van der Waals surface area contributed by atoms with Gasteiger partial charge in [0.15, 0.2) is 0 Å². The fraction of sp³-hybridized carbons (Fsp3) is 0.385. The van der Waals surface area contributed by atoms with Crippen LogP contribution in [-0.2, 0) is 4.79 Å². The van der Waals surface area contributed by atoms with Crippen LogP contribution in [-0.4, -0.2) is 28.5 Å². The molecule has 0 atom stereocenters. The molecule has 1 rings (SSSR count). The first-order valence-corrected chi connectivity index (χ1v) is 7.48. The predicted octanol–water partition coefficient (Wildman–Crippen LogP) is 3.51. The molecule has 6 heteroatoms. The number of hydrogen-bond donors (Lipinski definition) is 2. The molecule has 0 radical (unpaired) electrons. The third-order valence-corrected chi connectivity index (χ3v) is 3.64. The van der Waals surface area contributed by atoms with Crippen LogP contribution in [0.25, 0.3) is 0 Å². The lowest BCUT2D eigenvalue weighted by Crippen LogP contribution is -2.16. The van der Waals surface area contributed by atoms with E-state index in [9.17, 15) is 9.59 Å². The molecule has 1 amide bonds. The highest BCUT2D eigenvalue weighted by atomic mass is 35.5. The molecule has 0 unspecified atom stereocenters. The van der Waals surface area contributed by atoms with E-state index in [1.165, 1.54) is 30.0 Å². The molecule has 0 aliphatic heterocycles. The number of unbranched alkanes of at least 4 members (excludes halogenated alkanes) is 1. The molecule has 1 aromatic rings. The average Bonchev–Trinajstić information content (AvgIpc) is 2.34. The maximum absolute atomic E-state index is 11.7. The zero-order valence-corrected chi connectivity index (χ0v) is 12.2. The number of hydrogen-bond acceptors (Lipinski definition) is 3. The van der Waals surface area contributed by atoms with E-state index in [2.05, 4.69) is 12.2 Å². The molecule has 0 saturated carbocycles. The maximum Gasteiger partial charge on any atom is 0.337 e. The lowest BCUT2D eigenvalue weighted by molar-refractivity contribution is -0.113. The van der Waals surface area contributed by atoms with Gasteiger partial charge in [-0.05, 0) is 30.4 Å². The Labute approximate surface area is 121 Å². The second-order valence-corrected chi connectivity index (χ2v) is 5.49. The van der Waals surface area contributed by atoms with Gasteiger partial charge in [-0.1, -0.05) is 24.9 Å². The molecule has 0 spiro atoms. The first-order chi connectivity index (χ1) is 9.04. The number of carboxylic acid groups (broad SMARTS) is 1. The van der Waals surface area contributed by atoms with Crippen molar-refractivity contribution < 1.29 is 14.7 Å². The summed E-state index contributed by atoms with van der Waals surface area (Å²) in [7, 11) is 0. The number of rotatable bonds is 7. The molecule has 0 aliphatic rings. The minimum absolute atomic E-state index is 0.0382. The summed E-state index contributed by atoms with van der Waals surface area (Å²) in [5, 5.41) is 12.0. The first-order valence-electron chi connectivity index (χ1n) is 5.95. The summed E-state index contributed by atoms with van der Waals surface area (Å²) >= 11 is 7.33. The molecule has 0 saturated heterocycles. The number of aromatic carboxylic acids is 1. The Balaban J connectivity index is 2.62. The standard InChI is InChI=1S/C13H16ClNO3S/c1-2-3-6-19-8-12(16)15-11-7-9(14)4-5-10(11)13(17)18/h4-5,7H,2-3,6,8H2,1H3,(H,15,16)(H,17,18). The van der Waals surface area contributed by atoms with Crippen LogP contribution in [0, 0.1) is 0 Å². The number of carbonyl (C=O) groups is 2. The summed E-state index contributed by atoms with van der Waals surface area (Å²) in [6, 6.07) is 4.31. The van der Waals surface area contributed by atoms with E-state index < -0.39 is 5.97 Å². The van der Waals surface area contributed by atoms with Crippen LogP contribution in [0.2, 0.25) is 5.02 Å². The van der Waals surface area contributed by atoms with Crippen molar-refractivity contribution in [1.82, 2.24) is 0 Å². The summed E-state index contributed by atoms with van der Waals surface area (Å²) in [5.74, 6) is -0.0759. The summed E-state index contributed by atoms with van der Waals surface area (Å²) in [6.45, 7) is 2.09. The number of thioether (sulfide) groups is 1. The van der Waals surface area contributed by atoms with Crippen LogP contribution in [0.5, 0.6) is 0 Å². The molecule has 19 heavy (non-hydrogen) atoms. The van der Waals surface area contributed by atoms with Crippen molar-refractivity contribution in [2.45, 2.75) is 19.8 Å². The predicted molar refractivity (Wildman–Crippen MR) is 79.3 cm³/mol. The summed E-state index contributed by atoms with van der Waals surface area (Å²) < 4.78 is 0. The highest BCUT2D eigenvalue weighted by molar-refractivity contribution is 7.99. The van der Waals surface area contributed by atoms with Crippen molar-refractivity contribution >= 4 is 40.9 Å². The van der Waals surface area contributed by atoms with E-state index >= 15 is 0 Å². The fourth-order valence-corrected chi connectivity index (χ4v) is 2.47. The first kappa shape index (κ1) is 15.9. The lowest BCUT2D eigenvalue weighted by atomic mass is 10.2. The van der Waals surface area contributed by atoms with Gasteiger partial charge in [0, 0.05) is 5.02 Å². The maximum atomic E-state index is 11.7. The Morgan fingerprint density at radius 3 is 2.79 bits per heavy atom. The van der Waals surface area contributed by atoms with Crippen molar-refractivity contribution in [2.75, 3.05) is 16.8 Å². The minimum atomic E-state index is -1.09. The van der Waals surface area contributed by atoms with Gasteiger partial charge in [-0.3, -0.25) is 4.79 Å². The molecule has 1 aromatic carbocycles. The molecule has 4 nitrogen and oxygen atoms in total. The molecular weight excluding hydrogens is 286 g/mol. The average molecular weight is 302 g/mol. The zero-order valence-electron chi connectivity index (χ0n) is 10.6. The van der Waals surface area contributed by atoms with Crippen LogP contribution >= 0.6 is 23.4 Å². The number of amides is 1. The van der Waals surface area contributed by atoms with Crippen molar-refractivity contribution in [3.63, 3.8) is 0 Å². The Kier molecular flexibility index (Phi) is 6.73. The number of carboxylic acids is 1. The van der Waals surface area contributed by atoms with Crippen LogP contribution in [0.1, 0.15) is 30.1 Å². The number of benzene rings is 1. The number of carbonyl (C=O) groups excluding carboxylic acids is 1. The van der Waals surface area contributed by atoms with E-state index in [0.29, 0.717) is 10.8 Å². The van der Waals surface area contributed by atoms with Crippen molar-refractivity contribution in [3.05, 3.63) is 28.8 Å². The van der Waals surface area contributed by atoms with Gasteiger partial charge < -0.3 is 10.4 Å². The molecule has 0 heterocycles. The van der Waals surface area contributed by atoms with Crippen LogP contribution < -0.4 is 5.32 Å². The molecule has 104 valence electrons. The third-order valence-electron chi connectivity index (χ3n) is 2.36. The lowest BCUT2D eigenvalue weighted by Gasteiger charge is -2.08. The topological polar surface area (TPSA) is 66.4 Å². The SMILES string of the molecule is CCCCSCC(=O)Nc1cc(Cl)ccc1C(=O)O. The molecule has 0 bridgehead atoms. The Hall–Kier alpha value is -1.20. The Morgan fingerprint density at radius 2 is 2.16 bits per heavy atom. The monoisotopic (exact) mass is 301 g/mol. The molecule has 0 fully saturated rings. The number of halogens is 1. The normalized spacial score (nSPS) is 10.2. The molecular formula is C13H16ClNO3S. The highest BCUT2D eigenvalue weighted by Gasteiger charge is 2.12. The van der Waals surface area contributed by atoms with Crippen molar-refractivity contribution in [1.29, 1.82) is 0 Å². The van der Waals surface area contributed by atoms with E-state index in [0.717, 1.165) is 18.6 Å².